The van der Waals surface area contributed by atoms with Crippen LogP contribution < -0.4 is 8.37 Å². The summed E-state index contributed by atoms with van der Waals surface area (Å²) >= 11 is 0. The molecule has 0 amide bonds. The first-order chi connectivity index (χ1) is 29.5. The van der Waals surface area contributed by atoms with Gasteiger partial charge in [0.1, 0.15) is 21.3 Å². The van der Waals surface area contributed by atoms with E-state index in [1.807, 2.05) is 0 Å². The molecule has 0 saturated carbocycles. The number of benzene rings is 5. The summed E-state index contributed by atoms with van der Waals surface area (Å²) in [5.41, 5.74) is -13.0. The minimum atomic E-state index is -6.51. The Morgan fingerprint density at radius 2 is 0.677 bits per heavy atom. The molecular formula is C36H20F16O9S4. The summed E-state index contributed by atoms with van der Waals surface area (Å²) in [7, 11) is -22.2. The number of rotatable bonds is 12. The molecule has 0 saturated heterocycles. The van der Waals surface area contributed by atoms with Gasteiger partial charge < -0.3 is 8.37 Å². The van der Waals surface area contributed by atoms with E-state index in [-0.39, 0.29) is 24.3 Å². The van der Waals surface area contributed by atoms with E-state index < -0.39 is 147 Å². The third-order valence-electron chi connectivity index (χ3n) is 8.21. The van der Waals surface area contributed by atoms with Crippen LogP contribution in [-0.4, -0.2) is 36.9 Å². The van der Waals surface area contributed by atoms with Crippen molar-refractivity contribution in [2.45, 2.75) is 60.9 Å². The molecule has 354 valence electrons. The van der Waals surface area contributed by atoms with Crippen molar-refractivity contribution in [3.05, 3.63) is 138 Å². The highest BCUT2D eigenvalue weighted by Gasteiger charge is 2.54. The summed E-state index contributed by atoms with van der Waals surface area (Å²) in [4.78, 5) is -5.03. The largest absolute Gasteiger partial charge is 0.436 e. The van der Waals surface area contributed by atoms with Gasteiger partial charge in [0.05, 0.1) is 22.3 Å². The first-order valence-electron chi connectivity index (χ1n) is 16.7. The highest BCUT2D eigenvalue weighted by Crippen LogP contribution is 2.70. The van der Waals surface area contributed by atoms with E-state index in [2.05, 4.69) is 0 Å². The van der Waals surface area contributed by atoms with Crippen LogP contribution in [0.4, 0.5) is 70.2 Å². The number of halogens is 16. The Morgan fingerprint density at radius 1 is 0.385 bits per heavy atom. The van der Waals surface area contributed by atoms with Gasteiger partial charge in [0.25, 0.3) is 0 Å². The first-order valence-corrected chi connectivity index (χ1v) is 22.5. The Morgan fingerprint density at radius 3 is 0.954 bits per heavy atom. The molecule has 1 unspecified atom stereocenters. The predicted molar refractivity (Wildman–Crippen MR) is 191 cm³/mol. The fourth-order valence-electron chi connectivity index (χ4n) is 5.34. The summed E-state index contributed by atoms with van der Waals surface area (Å²) < 4.78 is 310. The molecule has 29 heteroatoms. The number of hydrogen-bond acceptors (Lipinski definition) is 9. The van der Waals surface area contributed by atoms with Gasteiger partial charge in [-0.1, -0.05) is 18.2 Å². The second-order valence-electron chi connectivity index (χ2n) is 12.8. The normalized spacial score (nSPS) is 14.5. The minimum Gasteiger partial charge on any atom is -0.379 e. The molecule has 0 bridgehead atoms. The van der Waals surface area contributed by atoms with Crippen LogP contribution in [0, 0.1) is 0 Å². The minimum absolute atomic E-state index is 0.200. The van der Waals surface area contributed by atoms with Crippen LogP contribution in [0.3, 0.4) is 0 Å². The lowest BCUT2D eigenvalue weighted by atomic mass is 10.1. The zero-order chi connectivity index (χ0) is 49.0. The Kier molecular flexibility index (Phi) is 13.4. The van der Waals surface area contributed by atoms with Gasteiger partial charge in [0.15, 0.2) is 0 Å². The van der Waals surface area contributed by atoms with Crippen LogP contribution >= 0.6 is 10.3 Å². The van der Waals surface area contributed by atoms with Crippen LogP contribution in [0.1, 0.15) is 22.3 Å². The molecule has 1 atom stereocenters. The van der Waals surface area contributed by atoms with Crippen molar-refractivity contribution in [3.63, 3.8) is 0 Å². The Labute approximate surface area is 357 Å². The second kappa shape index (κ2) is 17.2. The van der Waals surface area contributed by atoms with E-state index in [1.54, 1.807) is 0 Å². The molecule has 0 heterocycles. The topological polar surface area (TPSA) is 130 Å². The average molecular weight is 1030 g/mol. The van der Waals surface area contributed by atoms with Gasteiger partial charge in [-0.2, -0.15) is 91.1 Å². The lowest BCUT2D eigenvalue weighted by molar-refractivity contribution is -0.157. The molecule has 5 aromatic rings. The molecule has 5 aromatic carbocycles. The van der Waals surface area contributed by atoms with E-state index in [0.29, 0.717) is 48.5 Å². The van der Waals surface area contributed by atoms with Crippen LogP contribution in [0.2, 0.25) is 0 Å². The van der Waals surface area contributed by atoms with Crippen molar-refractivity contribution in [1.82, 2.24) is 0 Å². The molecule has 5 rings (SSSR count). The summed E-state index contributed by atoms with van der Waals surface area (Å²) in [5.74, 6) is -1.89. The Balaban J connectivity index is 1.65. The zero-order valence-electron chi connectivity index (χ0n) is 30.9. The maximum Gasteiger partial charge on any atom is 0.436 e. The fraction of sp³-hybridized carbons (Fsp3) is 0.167. The molecule has 0 N–H and O–H groups in total. The van der Waals surface area contributed by atoms with Crippen LogP contribution in [-0.2, 0) is 58.7 Å². The van der Waals surface area contributed by atoms with E-state index >= 15 is 0 Å². The highest BCUT2D eigenvalue weighted by molar-refractivity contribution is 8.33. The third kappa shape index (κ3) is 11.4. The van der Waals surface area contributed by atoms with Crippen molar-refractivity contribution in [2.75, 3.05) is 0 Å². The van der Waals surface area contributed by atoms with Gasteiger partial charge in [-0.25, -0.2) is 8.02 Å². The smallest absolute Gasteiger partial charge is 0.379 e. The third-order valence-corrected chi connectivity index (χ3v) is 15.8. The summed E-state index contributed by atoms with van der Waals surface area (Å²) in [6.45, 7) is 0. The molecule has 0 aromatic heterocycles. The number of alkyl halides is 16. The van der Waals surface area contributed by atoms with E-state index in [0.717, 1.165) is 24.3 Å². The summed E-state index contributed by atoms with van der Waals surface area (Å²) in [5, 5.41) is 0. The van der Waals surface area contributed by atoms with Crippen LogP contribution in [0.15, 0.2) is 140 Å². The molecule has 0 aliphatic carbocycles. The molecule has 0 spiro atoms. The highest BCUT2D eigenvalue weighted by atomic mass is 32.3. The molecular weight excluding hydrogens is 1010 g/mol. The number of hydrogen-bond donors (Lipinski definition) is 0. The molecule has 0 fully saturated rings. The predicted octanol–water partition coefficient (Wildman–Crippen LogP) is 11.7. The Bertz CT molecular complexity index is 2670. The van der Waals surface area contributed by atoms with Crippen molar-refractivity contribution in [3.8, 4) is 11.5 Å². The average Bonchev–Trinajstić information content (AvgIpc) is 3.18. The van der Waals surface area contributed by atoms with Crippen molar-refractivity contribution in [2.24, 2.45) is 0 Å². The summed E-state index contributed by atoms with van der Waals surface area (Å²) in [6.07, 6.45) is -28.2. The maximum atomic E-state index is 14.7. The van der Waals surface area contributed by atoms with Crippen molar-refractivity contribution < 1.29 is 107 Å². The lowest BCUT2D eigenvalue weighted by Gasteiger charge is -2.39. The van der Waals surface area contributed by atoms with E-state index in [9.17, 15) is 95.5 Å². The van der Waals surface area contributed by atoms with Crippen LogP contribution in [0.25, 0.3) is 0 Å². The van der Waals surface area contributed by atoms with Gasteiger partial charge in [0.2, 0.25) is 0 Å². The molecule has 0 radical (unpaired) electrons. The van der Waals surface area contributed by atoms with E-state index in [4.69, 9.17) is 12.0 Å². The Hall–Kier alpha value is -5.26. The standard InChI is InChI=1S/C36H20F16O9S4/c37-31(36(50,51)52)65(57,58)61-62(26-4-2-1-3-5-26,27-10-6-24(7-11-27)59-63(53,54)29-16-20(32(38,39)40)14-21(17-29)33(41,42)43)28-12-8-25(9-13-28)60-64(55,56)30-18-22(34(44,45)46)15-23(19-30)35(47,48)49/h1-19,31H. The SMILES string of the molecule is O=S(=O)(Oc1ccc(S(OS(=O)(=O)C(F)C(F)(F)F)(c2ccccc2)c2ccc(OS(=O)(=O)c3cc(C(F)(F)F)cc(C(F)(F)F)c3)cc2)cc1)c1cc(C(F)(F)F)cc(C(F)(F)F)c1. The lowest BCUT2D eigenvalue weighted by Crippen LogP contribution is -2.34. The van der Waals surface area contributed by atoms with Gasteiger partial charge in [-0.05, 0) is 107 Å². The second-order valence-corrected chi connectivity index (χ2v) is 20.4. The monoisotopic (exact) mass is 1030 g/mol. The van der Waals surface area contributed by atoms with Gasteiger partial charge in [-0.15, -0.1) is 0 Å². The fourth-order valence-corrected chi connectivity index (χ4v) is 12.4. The van der Waals surface area contributed by atoms with Gasteiger partial charge >= 0.3 is 66.7 Å². The molecule has 9 nitrogen and oxygen atoms in total. The van der Waals surface area contributed by atoms with Gasteiger partial charge in [-0.3, -0.25) is 0 Å². The van der Waals surface area contributed by atoms with E-state index in [1.165, 1.54) is 6.07 Å². The zero-order valence-corrected chi connectivity index (χ0v) is 34.2. The molecule has 65 heavy (non-hydrogen) atoms. The molecule has 0 aliphatic heterocycles. The summed E-state index contributed by atoms with van der Waals surface area (Å²) in [6, 6.07) is 8.91. The quantitative estimate of drug-likeness (QED) is 0.0885. The maximum absolute atomic E-state index is 14.7. The first kappa shape index (κ1) is 50.7. The van der Waals surface area contributed by atoms with Gasteiger partial charge in [0, 0.05) is 14.7 Å². The van der Waals surface area contributed by atoms with Crippen LogP contribution in [0.5, 0.6) is 11.5 Å². The van der Waals surface area contributed by atoms with Crippen molar-refractivity contribution >= 4 is 40.7 Å². The molecule has 0 aliphatic rings. The van der Waals surface area contributed by atoms with Crippen molar-refractivity contribution in [1.29, 1.82) is 0 Å².